The second-order valence-corrected chi connectivity index (χ2v) is 10.8. The number of imide groups is 1. The quantitative estimate of drug-likeness (QED) is 0.505. The molecular formula is C25H27N3O5S. The molecule has 0 saturated carbocycles. The minimum Gasteiger partial charge on any atom is -0.389 e. The van der Waals surface area contributed by atoms with Gasteiger partial charge >= 0.3 is 6.03 Å². The van der Waals surface area contributed by atoms with Crippen LogP contribution in [-0.2, 0) is 14.8 Å². The molecule has 3 aromatic rings. The Balaban J connectivity index is 1.73. The maximum Gasteiger partial charge on any atom is 0.325 e. The van der Waals surface area contributed by atoms with Gasteiger partial charge < -0.3 is 10.4 Å². The van der Waals surface area contributed by atoms with Gasteiger partial charge in [-0.25, -0.2) is 13.2 Å². The van der Waals surface area contributed by atoms with E-state index in [9.17, 15) is 23.1 Å². The predicted octanol–water partition coefficient (Wildman–Crippen LogP) is 3.03. The molecule has 2 N–H and O–H groups in total. The lowest BCUT2D eigenvalue weighted by Crippen LogP contribution is -2.45. The van der Waals surface area contributed by atoms with Gasteiger partial charge in [0, 0.05) is 5.39 Å². The van der Waals surface area contributed by atoms with Gasteiger partial charge in [-0.3, -0.25) is 14.0 Å². The highest BCUT2D eigenvalue weighted by Crippen LogP contribution is 2.31. The van der Waals surface area contributed by atoms with Crippen molar-refractivity contribution in [3.63, 3.8) is 0 Å². The number of hydrogen-bond acceptors (Lipinski definition) is 5. The zero-order chi connectivity index (χ0) is 24.7. The SMILES string of the molecule is Cc1ccc(S(=O)(=O)N(C[C@@H](O)CN2C(=O)NC(C)(C)C2=O)c2cccc3ccccc23)cc1. The molecule has 3 aromatic carbocycles. The number of β-amino-alcohol motifs (C(OH)–C–C–N with tert-alkyl or cyclic N) is 1. The molecule has 1 aliphatic rings. The summed E-state index contributed by atoms with van der Waals surface area (Å²) in [7, 11) is -4.07. The first-order valence-corrected chi connectivity index (χ1v) is 12.3. The number of urea groups is 1. The number of aryl methyl sites for hydroxylation is 1. The number of aliphatic hydroxyl groups is 1. The maximum absolute atomic E-state index is 13.7. The zero-order valence-corrected chi connectivity index (χ0v) is 20.0. The number of rotatable bonds is 7. The molecule has 9 heteroatoms. The van der Waals surface area contributed by atoms with E-state index in [1.807, 2.05) is 37.3 Å². The molecular weight excluding hydrogens is 454 g/mol. The average molecular weight is 482 g/mol. The Morgan fingerprint density at radius 3 is 2.29 bits per heavy atom. The van der Waals surface area contributed by atoms with Crippen LogP contribution in [0.5, 0.6) is 0 Å². The molecule has 0 aromatic heterocycles. The Morgan fingerprint density at radius 2 is 1.65 bits per heavy atom. The molecule has 0 radical (unpaired) electrons. The lowest BCUT2D eigenvalue weighted by atomic mass is 10.1. The Morgan fingerprint density at radius 1 is 1.00 bits per heavy atom. The molecule has 34 heavy (non-hydrogen) atoms. The standard InChI is InChI=1S/C25H27N3O5S/c1-17-11-13-20(14-12-17)34(32,33)28(22-10-6-8-18-7-4-5-9-21(18)22)16-19(29)15-27-23(30)25(2,3)26-24(27)31/h4-14,19,29H,15-16H2,1-3H3,(H,26,31)/t19-/m0/s1. The summed E-state index contributed by atoms with van der Waals surface area (Å²) >= 11 is 0. The summed E-state index contributed by atoms with van der Waals surface area (Å²) in [5.74, 6) is -0.477. The molecule has 0 aliphatic carbocycles. The summed E-state index contributed by atoms with van der Waals surface area (Å²) in [6.45, 7) is 4.33. The van der Waals surface area contributed by atoms with Crippen LogP contribution in [0.1, 0.15) is 19.4 Å². The van der Waals surface area contributed by atoms with Crippen LogP contribution in [0.15, 0.2) is 71.6 Å². The summed E-state index contributed by atoms with van der Waals surface area (Å²) in [6.07, 6.45) is -1.32. The van der Waals surface area contributed by atoms with Crippen LogP contribution in [0.3, 0.4) is 0 Å². The summed E-state index contributed by atoms with van der Waals surface area (Å²) in [5.41, 5.74) is 0.229. The number of carbonyl (C=O) groups is 2. The first-order valence-electron chi connectivity index (χ1n) is 10.9. The van der Waals surface area contributed by atoms with E-state index >= 15 is 0 Å². The fraction of sp³-hybridized carbons (Fsp3) is 0.280. The number of benzene rings is 3. The number of sulfonamides is 1. The smallest absolute Gasteiger partial charge is 0.325 e. The van der Waals surface area contributed by atoms with Gasteiger partial charge in [0.1, 0.15) is 5.54 Å². The molecule has 1 heterocycles. The maximum atomic E-state index is 13.7. The van der Waals surface area contributed by atoms with Crippen molar-refractivity contribution in [3.05, 3.63) is 72.3 Å². The number of nitrogens with zero attached hydrogens (tertiary/aromatic N) is 2. The Labute approximate surface area is 198 Å². The average Bonchev–Trinajstić information content (AvgIpc) is 2.98. The first kappa shape index (κ1) is 23.7. The molecule has 0 unspecified atom stereocenters. The highest BCUT2D eigenvalue weighted by Gasteiger charge is 2.45. The number of fused-ring (bicyclic) bond motifs is 1. The topological polar surface area (TPSA) is 107 Å². The molecule has 0 spiro atoms. The second kappa shape index (κ2) is 8.73. The molecule has 8 nitrogen and oxygen atoms in total. The van der Waals surface area contributed by atoms with Gasteiger partial charge in [0.15, 0.2) is 0 Å². The van der Waals surface area contributed by atoms with Crippen LogP contribution < -0.4 is 9.62 Å². The molecule has 1 atom stereocenters. The van der Waals surface area contributed by atoms with E-state index < -0.39 is 33.6 Å². The van der Waals surface area contributed by atoms with Crippen molar-refractivity contribution in [2.45, 2.75) is 37.3 Å². The van der Waals surface area contributed by atoms with E-state index in [4.69, 9.17) is 0 Å². The van der Waals surface area contributed by atoms with E-state index in [0.717, 1.165) is 20.2 Å². The first-order chi connectivity index (χ1) is 16.0. The monoisotopic (exact) mass is 481 g/mol. The summed E-state index contributed by atoms with van der Waals surface area (Å²) < 4.78 is 28.6. The van der Waals surface area contributed by atoms with E-state index in [1.54, 1.807) is 38.1 Å². The van der Waals surface area contributed by atoms with E-state index in [1.165, 1.54) is 12.1 Å². The molecule has 1 aliphatic heterocycles. The van der Waals surface area contributed by atoms with Gasteiger partial charge in [-0.05, 0) is 44.4 Å². The molecule has 1 saturated heterocycles. The molecule has 3 amide bonds. The lowest BCUT2D eigenvalue weighted by Gasteiger charge is -2.29. The van der Waals surface area contributed by atoms with Gasteiger partial charge in [0.05, 0.1) is 29.8 Å². The summed E-state index contributed by atoms with van der Waals surface area (Å²) in [4.78, 5) is 25.8. The van der Waals surface area contributed by atoms with Gasteiger partial charge in [-0.15, -0.1) is 0 Å². The third-order valence-corrected chi connectivity index (χ3v) is 7.65. The second-order valence-electron chi connectivity index (χ2n) is 8.97. The Hall–Kier alpha value is -3.43. The molecule has 1 fully saturated rings. The minimum atomic E-state index is -4.07. The van der Waals surface area contributed by atoms with E-state index in [-0.39, 0.29) is 18.0 Å². The van der Waals surface area contributed by atoms with E-state index in [0.29, 0.717) is 11.1 Å². The zero-order valence-electron chi connectivity index (χ0n) is 19.2. The van der Waals surface area contributed by atoms with E-state index in [2.05, 4.69) is 5.32 Å². The van der Waals surface area contributed by atoms with Gasteiger partial charge in [-0.2, -0.15) is 0 Å². The number of hydrogen-bond donors (Lipinski definition) is 2. The van der Waals surface area contributed by atoms with Crippen LogP contribution in [0, 0.1) is 6.92 Å². The summed E-state index contributed by atoms with van der Waals surface area (Å²) in [5, 5.41) is 15.0. The number of nitrogens with one attached hydrogen (secondary N) is 1. The van der Waals surface area contributed by atoms with Crippen LogP contribution >= 0.6 is 0 Å². The number of amides is 3. The van der Waals surface area contributed by atoms with Gasteiger partial charge in [0.2, 0.25) is 0 Å². The number of aliphatic hydroxyl groups excluding tert-OH is 1. The van der Waals surface area contributed by atoms with Crippen molar-refractivity contribution < 1.29 is 23.1 Å². The lowest BCUT2D eigenvalue weighted by molar-refractivity contribution is -0.131. The number of anilines is 1. The molecule has 0 bridgehead atoms. The van der Waals surface area contributed by atoms with Crippen molar-refractivity contribution in [3.8, 4) is 0 Å². The largest absolute Gasteiger partial charge is 0.389 e. The van der Waals surface area contributed by atoms with Crippen LogP contribution in [0.25, 0.3) is 10.8 Å². The highest BCUT2D eigenvalue weighted by molar-refractivity contribution is 7.92. The fourth-order valence-electron chi connectivity index (χ4n) is 4.03. The normalized spacial score (nSPS) is 16.5. The summed E-state index contributed by atoms with van der Waals surface area (Å²) in [6, 6.07) is 18.5. The van der Waals surface area contributed by atoms with Crippen molar-refractivity contribution in [1.82, 2.24) is 10.2 Å². The third-order valence-electron chi connectivity index (χ3n) is 5.86. The third kappa shape index (κ3) is 4.36. The Kier molecular flexibility index (Phi) is 6.09. The van der Waals surface area contributed by atoms with Crippen LogP contribution in [0.2, 0.25) is 0 Å². The molecule has 178 valence electrons. The van der Waals surface area contributed by atoms with Crippen molar-refractivity contribution in [1.29, 1.82) is 0 Å². The fourth-order valence-corrected chi connectivity index (χ4v) is 5.55. The van der Waals surface area contributed by atoms with Crippen molar-refractivity contribution in [2.24, 2.45) is 0 Å². The molecule has 4 rings (SSSR count). The predicted molar refractivity (Wildman–Crippen MR) is 130 cm³/mol. The minimum absolute atomic E-state index is 0.0781. The van der Waals surface area contributed by atoms with Crippen LogP contribution in [0.4, 0.5) is 10.5 Å². The number of carbonyl (C=O) groups excluding carboxylic acids is 2. The van der Waals surface area contributed by atoms with Crippen molar-refractivity contribution >= 4 is 38.4 Å². The Bertz CT molecular complexity index is 1350. The van der Waals surface area contributed by atoms with Gasteiger partial charge in [-0.1, -0.05) is 54.1 Å². The highest BCUT2D eigenvalue weighted by atomic mass is 32.2. The van der Waals surface area contributed by atoms with Crippen molar-refractivity contribution in [2.75, 3.05) is 17.4 Å². The van der Waals surface area contributed by atoms with Crippen LogP contribution in [-0.4, -0.2) is 55.1 Å². The van der Waals surface area contributed by atoms with Gasteiger partial charge in [0.25, 0.3) is 15.9 Å².